The largest absolute Gasteiger partial charge is 0.455 e. The lowest BCUT2D eigenvalue weighted by molar-refractivity contribution is -0.327. The molecule has 5 atom stereocenters. The number of esters is 2. The van der Waals surface area contributed by atoms with Gasteiger partial charge in [0.15, 0.2) is 18.0 Å². The van der Waals surface area contributed by atoms with Crippen LogP contribution in [0.3, 0.4) is 0 Å². The van der Waals surface area contributed by atoms with E-state index < -0.39 is 48.7 Å². The van der Waals surface area contributed by atoms with Gasteiger partial charge in [0.1, 0.15) is 12.2 Å². The maximum Gasteiger partial charge on any atom is 0.303 e. The molecule has 110 valence electrons. The fraction of sp³-hybridized carbons (Fsp3) is 0.818. The number of ether oxygens (including phenoxy) is 3. The summed E-state index contributed by atoms with van der Waals surface area (Å²) in [6.07, 6.45) is -5.60. The van der Waals surface area contributed by atoms with E-state index in [9.17, 15) is 19.8 Å². The maximum absolute atomic E-state index is 11.1. The molecule has 1 saturated heterocycles. The van der Waals surface area contributed by atoms with Crippen LogP contribution >= 0.6 is 0 Å². The Morgan fingerprint density at radius 3 is 2.26 bits per heavy atom. The first-order valence-corrected chi connectivity index (χ1v) is 5.71. The fourth-order valence-electron chi connectivity index (χ4n) is 1.99. The smallest absolute Gasteiger partial charge is 0.303 e. The summed E-state index contributed by atoms with van der Waals surface area (Å²) in [5, 5.41) is 28.9. The molecule has 1 rings (SSSR count). The molecule has 1 aliphatic rings. The van der Waals surface area contributed by atoms with Crippen molar-refractivity contribution < 1.29 is 39.1 Å². The highest BCUT2D eigenvalue weighted by Crippen LogP contribution is 2.34. The summed E-state index contributed by atoms with van der Waals surface area (Å²) >= 11 is 0. The van der Waals surface area contributed by atoms with Crippen LogP contribution in [-0.2, 0) is 23.8 Å². The van der Waals surface area contributed by atoms with Crippen LogP contribution in [0, 0.1) is 0 Å². The van der Waals surface area contributed by atoms with Crippen LogP contribution in [0.25, 0.3) is 0 Å². The highest BCUT2D eigenvalue weighted by atomic mass is 16.7. The van der Waals surface area contributed by atoms with E-state index in [4.69, 9.17) is 19.3 Å². The molecule has 1 heterocycles. The number of carbonyl (C=O) groups excluding carboxylic acids is 2. The summed E-state index contributed by atoms with van der Waals surface area (Å²) < 4.78 is 14.8. The van der Waals surface area contributed by atoms with E-state index >= 15 is 0 Å². The van der Waals surface area contributed by atoms with Gasteiger partial charge in [0.25, 0.3) is 0 Å². The summed E-state index contributed by atoms with van der Waals surface area (Å²) in [7, 11) is 0. The van der Waals surface area contributed by atoms with E-state index in [1.807, 2.05) is 0 Å². The third-order valence-corrected chi connectivity index (χ3v) is 2.89. The Kier molecular flexibility index (Phi) is 4.86. The molecule has 0 bridgehead atoms. The van der Waals surface area contributed by atoms with Crippen LogP contribution in [0.4, 0.5) is 0 Å². The third kappa shape index (κ3) is 3.21. The summed E-state index contributed by atoms with van der Waals surface area (Å²) in [6.45, 7) is 2.89. The van der Waals surface area contributed by atoms with E-state index in [1.54, 1.807) is 0 Å². The van der Waals surface area contributed by atoms with Gasteiger partial charge in [-0.1, -0.05) is 0 Å². The molecule has 1 fully saturated rings. The molecule has 0 amide bonds. The molecule has 0 aromatic carbocycles. The highest BCUT2D eigenvalue weighted by molar-refractivity contribution is 5.68. The van der Waals surface area contributed by atoms with Gasteiger partial charge in [-0.25, -0.2) is 0 Å². The maximum atomic E-state index is 11.1. The quantitative estimate of drug-likeness (QED) is 0.523. The predicted molar refractivity (Wildman–Crippen MR) is 59.7 cm³/mol. The molecule has 19 heavy (non-hydrogen) atoms. The van der Waals surface area contributed by atoms with Crippen molar-refractivity contribution in [3.8, 4) is 0 Å². The zero-order valence-electron chi connectivity index (χ0n) is 10.9. The van der Waals surface area contributed by atoms with Gasteiger partial charge in [-0.05, 0) is 6.92 Å². The average Bonchev–Trinajstić information content (AvgIpc) is 2.28. The topological polar surface area (TPSA) is 123 Å². The van der Waals surface area contributed by atoms with Crippen molar-refractivity contribution in [1.29, 1.82) is 0 Å². The fourth-order valence-corrected chi connectivity index (χ4v) is 1.99. The van der Waals surface area contributed by atoms with E-state index in [0.29, 0.717) is 0 Å². The third-order valence-electron chi connectivity index (χ3n) is 2.89. The van der Waals surface area contributed by atoms with Gasteiger partial charge in [0.2, 0.25) is 0 Å². The van der Waals surface area contributed by atoms with Crippen molar-refractivity contribution in [2.24, 2.45) is 0 Å². The van der Waals surface area contributed by atoms with Crippen molar-refractivity contribution in [2.45, 2.75) is 51.0 Å². The Balaban J connectivity index is 3.08. The molecular weight excluding hydrogens is 260 g/mol. The lowest BCUT2D eigenvalue weighted by atomic mass is 9.87. The number of carbonyl (C=O) groups is 2. The zero-order chi connectivity index (χ0) is 14.8. The van der Waals surface area contributed by atoms with Crippen LogP contribution in [-0.4, -0.2) is 64.1 Å². The van der Waals surface area contributed by atoms with Gasteiger partial charge in [-0.15, -0.1) is 0 Å². The van der Waals surface area contributed by atoms with Gasteiger partial charge in [-0.2, -0.15) is 0 Å². The average molecular weight is 278 g/mol. The van der Waals surface area contributed by atoms with E-state index in [-0.39, 0.29) is 0 Å². The normalized spacial score (nSPS) is 38.6. The number of hydrogen-bond donors (Lipinski definition) is 3. The van der Waals surface area contributed by atoms with Crippen molar-refractivity contribution >= 4 is 11.9 Å². The van der Waals surface area contributed by atoms with E-state index in [1.165, 1.54) is 6.92 Å². The second kappa shape index (κ2) is 5.83. The number of aliphatic hydroxyl groups is 3. The van der Waals surface area contributed by atoms with Crippen molar-refractivity contribution in [1.82, 2.24) is 0 Å². The van der Waals surface area contributed by atoms with Crippen LogP contribution in [0.15, 0.2) is 0 Å². The number of aliphatic hydroxyl groups excluding tert-OH is 3. The molecule has 0 aromatic rings. The lowest BCUT2D eigenvalue weighted by Gasteiger charge is -2.47. The second-order valence-electron chi connectivity index (χ2n) is 4.51. The predicted octanol–water partition coefficient (Wildman–Crippen LogP) is -1.69. The number of rotatable bonds is 3. The van der Waals surface area contributed by atoms with Gasteiger partial charge >= 0.3 is 11.9 Å². The van der Waals surface area contributed by atoms with Crippen LogP contribution in [0.1, 0.15) is 20.8 Å². The Labute approximate surface area is 109 Å². The molecule has 1 unspecified atom stereocenters. The first kappa shape index (κ1) is 15.8. The van der Waals surface area contributed by atoms with E-state index in [2.05, 4.69) is 0 Å². The van der Waals surface area contributed by atoms with Gasteiger partial charge < -0.3 is 29.5 Å². The van der Waals surface area contributed by atoms with E-state index in [0.717, 1.165) is 13.8 Å². The molecule has 0 aliphatic carbocycles. The first-order valence-electron chi connectivity index (χ1n) is 5.71. The van der Waals surface area contributed by atoms with Crippen molar-refractivity contribution in [3.63, 3.8) is 0 Å². The van der Waals surface area contributed by atoms with Crippen LogP contribution < -0.4 is 0 Å². The zero-order valence-corrected chi connectivity index (χ0v) is 10.9. The minimum atomic E-state index is -1.76. The van der Waals surface area contributed by atoms with Crippen LogP contribution in [0.5, 0.6) is 0 Å². The molecule has 0 saturated carbocycles. The molecule has 1 aliphatic heterocycles. The summed E-state index contributed by atoms with van der Waals surface area (Å²) in [5.41, 5.74) is -1.76. The molecule has 0 spiro atoms. The molecule has 0 aromatic heterocycles. The lowest BCUT2D eigenvalue weighted by Crippen LogP contribution is -2.67. The second-order valence-corrected chi connectivity index (χ2v) is 4.51. The highest BCUT2D eigenvalue weighted by Gasteiger charge is 2.57. The SMILES string of the molecule is CC(=O)O[C@H]1[C@H](O)[C@@H](CO)OC(O)[C@@]1(C)OC(C)=O. The summed E-state index contributed by atoms with van der Waals surface area (Å²) in [6, 6.07) is 0. The Bertz CT molecular complexity index is 357. The monoisotopic (exact) mass is 278 g/mol. The molecule has 3 N–H and O–H groups in total. The number of hydrogen-bond acceptors (Lipinski definition) is 8. The summed E-state index contributed by atoms with van der Waals surface area (Å²) in [5.74, 6) is -1.47. The summed E-state index contributed by atoms with van der Waals surface area (Å²) in [4.78, 5) is 22.2. The van der Waals surface area contributed by atoms with Gasteiger partial charge in [0, 0.05) is 13.8 Å². The molecule has 8 heteroatoms. The molecule has 8 nitrogen and oxygen atoms in total. The van der Waals surface area contributed by atoms with Crippen molar-refractivity contribution in [2.75, 3.05) is 6.61 Å². The van der Waals surface area contributed by atoms with Crippen molar-refractivity contribution in [3.05, 3.63) is 0 Å². The minimum absolute atomic E-state index is 0.591. The Morgan fingerprint density at radius 2 is 1.84 bits per heavy atom. The Hall–Kier alpha value is -1.22. The minimum Gasteiger partial charge on any atom is -0.455 e. The molecule has 0 radical (unpaired) electrons. The first-order chi connectivity index (χ1) is 8.72. The standard InChI is InChI=1S/C11H18O8/c1-5(13)17-9-8(15)7(4-12)18-10(16)11(9,3)19-6(2)14/h7-10,12,15-16H,4H2,1-3H3/t7-,8-,9+,10?,11+/m1/s1. The van der Waals surface area contributed by atoms with Gasteiger partial charge in [0.05, 0.1) is 6.61 Å². The van der Waals surface area contributed by atoms with Gasteiger partial charge in [-0.3, -0.25) is 9.59 Å². The molecular formula is C11H18O8. The van der Waals surface area contributed by atoms with Crippen LogP contribution in [0.2, 0.25) is 0 Å². The Morgan fingerprint density at radius 1 is 1.26 bits per heavy atom.